The van der Waals surface area contributed by atoms with E-state index >= 15 is 0 Å². The van der Waals surface area contributed by atoms with Crippen molar-refractivity contribution in [2.75, 3.05) is 7.11 Å². The average Bonchev–Trinajstić information content (AvgIpc) is 3.36. The Morgan fingerprint density at radius 2 is 1.69 bits per heavy atom. The number of hydrogen-bond donors (Lipinski definition) is 0. The van der Waals surface area contributed by atoms with Gasteiger partial charge in [-0.05, 0) is 67.9 Å². The van der Waals surface area contributed by atoms with Crippen LogP contribution in [0.3, 0.4) is 0 Å². The fourth-order valence-electron chi connectivity index (χ4n) is 4.10. The fraction of sp³-hybridized carbons (Fsp3) is 0.179. The first-order valence-corrected chi connectivity index (χ1v) is 11.1. The van der Waals surface area contributed by atoms with E-state index in [9.17, 15) is 10.1 Å². The summed E-state index contributed by atoms with van der Waals surface area (Å²) in [6.07, 6.45) is 1.80. The molecule has 0 N–H and O–H groups in total. The monoisotopic (exact) mass is 465 g/mol. The number of imidazole rings is 1. The Morgan fingerprint density at radius 1 is 1.00 bits per heavy atom. The number of nitriles is 1. The summed E-state index contributed by atoms with van der Waals surface area (Å²) in [5.41, 5.74) is 2.81. The zero-order chi connectivity index (χ0) is 24.6. The molecule has 2 aromatic carbocycles. The second-order valence-electron chi connectivity index (χ2n) is 8.63. The minimum absolute atomic E-state index is 0.0830. The van der Waals surface area contributed by atoms with Crippen molar-refractivity contribution in [2.24, 2.45) is 0 Å². The Labute approximate surface area is 202 Å². The molecule has 0 fully saturated rings. The summed E-state index contributed by atoms with van der Waals surface area (Å²) in [4.78, 5) is 17.7. The quantitative estimate of drug-likeness (QED) is 0.397. The lowest BCUT2D eigenvalue weighted by Gasteiger charge is -2.17. The number of carbonyl (C=O) groups is 1. The van der Waals surface area contributed by atoms with Crippen molar-refractivity contribution in [3.05, 3.63) is 95.4 Å². The molecule has 0 spiro atoms. The summed E-state index contributed by atoms with van der Waals surface area (Å²) in [5.74, 6) is 1.79. The lowest BCUT2D eigenvalue weighted by Crippen LogP contribution is -2.29. The summed E-state index contributed by atoms with van der Waals surface area (Å²) in [7, 11) is 1.61. The molecule has 0 radical (unpaired) electrons. The van der Waals surface area contributed by atoms with Gasteiger partial charge in [-0.2, -0.15) is 5.26 Å². The van der Waals surface area contributed by atoms with Crippen LogP contribution in [0.25, 0.3) is 17.0 Å². The third-order valence-corrected chi connectivity index (χ3v) is 5.94. The Morgan fingerprint density at radius 3 is 2.37 bits per heavy atom. The van der Waals surface area contributed by atoms with Gasteiger partial charge in [-0.25, -0.2) is 4.98 Å². The largest absolute Gasteiger partial charge is 0.497 e. The molecule has 5 rings (SSSR count). The minimum atomic E-state index is -0.962. The van der Waals surface area contributed by atoms with Crippen LogP contribution in [0, 0.1) is 11.3 Å². The highest BCUT2D eigenvalue weighted by molar-refractivity contribution is 6.32. The molecule has 7 nitrogen and oxygen atoms in total. The average molecular weight is 466 g/mol. The molecule has 0 saturated carbocycles. The Bertz CT molecular complexity index is 1490. The molecule has 0 amide bonds. The van der Waals surface area contributed by atoms with Gasteiger partial charge >= 0.3 is 0 Å². The molecule has 7 heteroatoms. The van der Waals surface area contributed by atoms with Gasteiger partial charge in [-0.15, -0.1) is 0 Å². The van der Waals surface area contributed by atoms with Crippen LogP contribution in [0.1, 0.15) is 36.4 Å². The van der Waals surface area contributed by atoms with E-state index < -0.39 is 5.60 Å². The van der Waals surface area contributed by atoms with Gasteiger partial charge in [-0.1, -0.05) is 18.2 Å². The SMILES string of the molecule is COc1ccc(C2=C(c3ccc(OCc4nc5ccccn5c4C#N)cc3)C(=O)C(C)(C)O2)cc1. The van der Waals surface area contributed by atoms with Crippen LogP contribution in [0.15, 0.2) is 72.9 Å². The van der Waals surface area contributed by atoms with Gasteiger partial charge in [0, 0.05) is 11.8 Å². The zero-order valence-corrected chi connectivity index (χ0v) is 19.6. The minimum Gasteiger partial charge on any atom is -0.497 e. The van der Waals surface area contributed by atoms with Gasteiger partial charge in [0.05, 0.1) is 12.7 Å². The van der Waals surface area contributed by atoms with Crippen molar-refractivity contribution in [3.63, 3.8) is 0 Å². The number of benzene rings is 2. The van der Waals surface area contributed by atoms with E-state index in [1.807, 2.05) is 54.6 Å². The maximum Gasteiger partial charge on any atom is 0.210 e. The molecule has 1 aliphatic rings. The lowest BCUT2D eigenvalue weighted by atomic mass is 9.92. The maximum atomic E-state index is 13.2. The van der Waals surface area contributed by atoms with E-state index in [0.717, 1.165) is 16.9 Å². The van der Waals surface area contributed by atoms with Gasteiger partial charge < -0.3 is 14.2 Å². The first-order valence-electron chi connectivity index (χ1n) is 11.1. The van der Waals surface area contributed by atoms with Crippen LogP contribution in [0.5, 0.6) is 11.5 Å². The second kappa shape index (κ2) is 8.65. The molecule has 0 saturated heterocycles. The van der Waals surface area contributed by atoms with Crippen LogP contribution in [-0.2, 0) is 16.1 Å². The van der Waals surface area contributed by atoms with E-state index in [4.69, 9.17) is 14.2 Å². The number of ether oxygens (including phenoxy) is 3. The Hall–Kier alpha value is -4.57. The second-order valence-corrected chi connectivity index (χ2v) is 8.63. The molecule has 3 heterocycles. The standard InChI is InChI=1S/C28H23N3O4/c1-28(2)27(32)25(26(35-28)19-9-11-20(33-3)12-10-19)18-7-13-21(14-8-18)34-17-22-23(16-29)31-15-5-4-6-24(31)30-22/h4-15H,17H2,1-3H3. The third-order valence-electron chi connectivity index (χ3n) is 5.94. The molecule has 0 aliphatic carbocycles. The highest BCUT2D eigenvalue weighted by atomic mass is 16.5. The number of aromatic nitrogens is 2. The Kier molecular flexibility index (Phi) is 5.50. The van der Waals surface area contributed by atoms with E-state index in [2.05, 4.69) is 11.1 Å². The summed E-state index contributed by atoms with van der Waals surface area (Å²) < 4.78 is 19.0. The van der Waals surface area contributed by atoms with Crippen LogP contribution >= 0.6 is 0 Å². The number of nitrogens with zero attached hydrogens (tertiary/aromatic N) is 3. The number of fused-ring (bicyclic) bond motifs is 1. The predicted octanol–water partition coefficient (Wildman–Crippen LogP) is 5.04. The first kappa shape index (κ1) is 22.2. The van der Waals surface area contributed by atoms with E-state index in [1.54, 1.807) is 43.7 Å². The molecular weight excluding hydrogens is 442 g/mol. The number of methoxy groups -OCH3 is 1. The van der Waals surface area contributed by atoms with Crippen molar-refractivity contribution in [3.8, 4) is 17.6 Å². The number of hydrogen-bond acceptors (Lipinski definition) is 6. The van der Waals surface area contributed by atoms with Crippen molar-refractivity contribution in [1.29, 1.82) is 5.26 Å². The number of ketones is 1. The highest BCUT2D eigenvalue weighted by Gasteiger charge is 2.42. The molecule has 174 valence electrons. The maximum absolute atomic E-state index is 13.2. The molecule has 0 atom stereocenters. The first-order chi connectivity index (χ1) is 16.9. The molecule has 0 bridgehead atoms. The summed E-state index contributed by atoms with van der Waals surface area (Å²) in [5, 5.41) is 9.55. The molecular formula is C28H23N3O4. The summed E-state index contributed by atoms with van der Waals surface area (Å²) >= 11 is 0. The van der Waals surface area contributed by atoms with Crippen molar-refractivity contribution < 1.29 is 19.0 Å². The van der Waals surface area contributed by atoms with E-state index in [-0.39, 0.29) is 12.4 Å². The molecule has 1 aliphatic heterocycles. The van der Waals surface area contributed by atoms with Gasteiger partial charge in [0.1, 0.15) is 41.3 Å². The number of carbonyl (C=O) groups excluding carboxylic acids is 1. The number of rotatable bonds is 6. The van der Waals surface area contributed by atoms with Crippen molar-refractivity contribution in [1.82, 2.24) is 9.38 Å². The van der Waals surface area contributed by atoms with E-state index in [1.165, 1.54) is 0 Å². The molecule has 4 aromatic rings. The van der Waals surface area contributed by atoms with Gasteiger partial charge in [-0.3, -0.25) is 9.20 Å². The smallest absolute Gasteiger partial charge is 0.210 e. The summed E-state index contributed by atoms with van der Waals surface area (Å²) in [6.45, 7) is 3.69. The van der Waals surface area contributed by atoms with E-state index in [0.29, 0.717) is 34.1 Å². The zero-order valence-electron chi connectivity index (χ0n) is 19.6. The molecule has 2 aromatic heterocycles. The molecule has 35 heavy (non-hydrogen) atoms. The van der Waals surface area contributed by atoms with Crippen LogP contribution in [-0.4, -0.2) is 27.9 Å². The number of Topliss-reactive ketones (excluding diaryl/α,β-unsaturated/α-hetero) is 1. The lowest BCUT2D eigenvalue weighted by molar-refractivity contribution is -0.125. The topological polar surface area (TPSA) is 85.9 Å². The summed E-state index contributed by atoms with van der Waals surface area (Å²) in [6, 6.07) is 22.5. The molecule has 0 unspecified atom stereocenters. The number of pyridine rings is 1. The predicted molar refractivity (Wildman–Crippen MR) is 131 cm³/mol. The van der Waals surface area contributed by atoms with Crippen LogP contribution < -0.4 is 9.47 Å². The fourth-order valence-corrected chi connectivity index (χ4v) is 4.10. The normalized spacial score (nSPS) is 14.6. The van der Waals surface area contributed by atoms with Gasteiger partial charge in [0.25, 0.3) is 0 Å². The van der Waals surface area contributed by atoms with Gasteiger partial charge in [0.15, 0.2) is 11.3 Å². The highest BCUT2D eigenvalue weighted by Crippen LogP contribution is 2.41. The van der Waals surface area contributed by atoms with Crippen molar-refractivity contribution in [2.45, 2.75) is 26.1 Å². The Balaban J connectivity index is 1.42. The third kappa shape index (κ3) is 4.00. The van der Waals surface area contributed by atoms with Crippen molar-refractivity contribution >= 4 is 22.8 Å². The van der Waals surface area contributed by atoms with Crippen LogP contribution in [0.2, 0.25) is 0 Å². The van der Waals surface area contributed by atoms with Gasteiger partial charge in [0.2, 0.25) is 5.78 Å². The van der Waals surface area contributed by atoms with Crippen LogP contribution in [0.4, 0.5) is 0 Å².